The second-order valence-corrected chi connectivity index (χ2v) is 5.81. The van der Waals surface area contributed by atoms with Crippen molar-refractivity contribution in [2.45, 2.75) is 0 Å². The molecule has 0 amide bonds. The minimum absolute atomic E-state index is 0.640. The van der Waals surface area contributed by atoms with Crippen LogP contribution in [0.2, 0.25) is 0 Å². The van der Waals surface area contributed by atoms with Gasteiger partial charge in [0.25, 0.3) is 0 Å². The zero-order valence-corrected chi connectivity index (χ0v) is 14.1. The zero-order valence-electron chi connectivity index (χ0n) is 14.1. The summed E-state index contributed by atoms with van der Waals surface area (Å²) in [6.45, 7) is 0. The molecule has 2 aromatic carbocycles. The molecule has 0 unspecified atom stereocenters. The first kappa shape index (κ1) is 16.0. The van der Waals surface area contributed by atoms with Gasteiger partial charge >= 0.3 is 0 Å². The summed E-state index contributed by atoms with van der Waals surface area (Å²) in [7, 11) is 1.85. The van der Waals surface area contributed by atoms with Gasteiger partial charge in [0.2, 0.25) is 0 Å². The molecule has 2 heterocycles. The molecule has 0 aliphatic heterocycles. The molecule has 3 N–H and O–H groups in total. The molecule has 2 aromatic heterocycles. The molecule has 128 valence electrons. The Morgan fingerprint density at radius 2 is 1.69 bits per heavy atom. The molecular weight excluding hydrogens is 326 g/mol. The van der Waals surface area contributed by atoms with Gasteiger partial charge in [0.15, 0.2) is 5.82 Å². The number of nitrogens with zero attached hydrogens (tertiary/aromatic N) is 3. The van der Waals surface area contributed by atoms with Gasteiger partial charge in [0.1, 0.15) is 5.82 Å². The van der Waals surface area contributed by atoms with E-state index in [9.17, 15) is 0 Å². The van der Waals surface area contributed by atoms with Crippen molar-refractivity contribution in [1.29, 1.82) is 0 Å². The highest BCUT2D eigenvalue weighted by Crippen LogP contribution is 2.29. The van der Waals surface area contributed by atoms with Gasteiger partial charge in [-0.1, -0.05) is 18.2 Å². The average Bonchev–Trinajstić information content (AvgIpc) is 2.73. The van der Waals surface area contributed by atoms with Crippen LogP contribution in [-0.4, -0.2) is 27.2 Å². The van der Waals surface area contributed by atoms with E-state index in [1.807, 2.05) is 55.6 Å². The molecule has 0 aliphatic rings. The Balaban J connectivity index is 1.82. The minimum Gasteiger partial charge on any atom is -0.373 e. The largest absolute Gasteiger partial charge is 0.373 e. The zero-order chi connectivity index (χ0) is 17.9. The van der Waals surface area contributed by atoms with E-state index in [0.29, 0.717) is 11.5 Å². The number of hydrogen-bond donors (Lipinski definition) is 3. The van der Waals surface area contributed by atoms with Crippen LogP contribution in [0.5, 0.6) is 0 Å². The Hall–Kier alpha value is -3.51. The molecule has 0 saturated heterocycles. The third kappa shape index (κ3) is 2.94. The first-order valence-corrected chi connectivity index (χ1v) is 8.19. The van der Waals surface area contributed by atoms with Crippen LogP contribution < -0.4 is 10.8 Å². The Labute approximate surface area is 150 Å². The number of nitrogens with one attached hydrogen (secondary N) is 2. The molecule has 0 bridgehead atoms. The number of fused-ring (bicyclic) bond motifs is 1. The van der Waals surface area contributed by atoms with Crippen LogP contribution in [0.3, 0.4) is 0 Å². The smallest absolute Gasteiger partial charge is 0.163 e. The van der Waals surface area contributed by atoms with Gasteiger partial charge in [-0.15, -0.1) is 0 Å². The van der Waals surface area contributed by atoms with E-state index in [-0.39, 0.29) is 0 Å². The molecule has 0 radical (unpaired) electrons. The molecule has 0 spiro atoms. The van der Waals surface area contributed by atoms with E-state index in [1.165, 1.54) is 0 Å². The SMILES string of the molecule is CNc1nc(-c2cccnc2)nc2ccc(-c3ccc(NO)cc3)cc12. The van der Waals surface area contributed by atoms with E-state index < -0.39 is 0 Å². The van der Waals surface area contributed by atoms with Crippen molar-refractivity contribution >= 4 is 22.4 Å². The Morgan fingerprint density at radius 3 is 2.38 bits per heavy atom. The predicted molar refractivity (Wildman–Crippen MR) is 103 cm³/mol. The van der Waals surface area contributed by atoms with Crippen molar-refractivity contribution in [1.82, 2.24) is 15.0 Å². The lowest BCUT2D eigenvalue weighted by molar-refractivity contribution is 0.389. The monoisotopic (exact) mass is 343 g/mol. The molecule has 0 aliphatic carbocycles. The topological polar surface area (TPSA) is 83.0 Å². The summed E-state index contributed by atoms with van der Waals surface area (Å²) in [5.41, 5.74) is 6.62. The number of benzene rings is 2. The normalized spacial score (nSPS) is 10.7. The maximum Gasteiger partial charge on any atom is 0.163 e. The first-order valence-electron chi connectivity index (χ1n) is 8.19. The lowest BCUT2D eigenvalue weighted by Crippen LogP contribution is -1.99. The van der Waals surface area contributed by atoms with E-state index in [4.69, 9.17) is 5.21 Å². The van der Waals surface area contributed by atoms with Gasteiger partial charge in [-0.3, -0.25) is 15.7 Å². The van der Waals surface area contributed by atoms with Crippen LogP contribution in [0.4, 0.5) is 11.5 Å². The lowest BCUT2D eigenvalue weighted by atomic mass is 10.0. The quantitative estimate of drug-likeness (QED) is 0.482. The fourth-order valence-electron chi connectivity index (χ4n) is 2.86. The molecule has 26 heavy (non-hydrogen) atoms. The summed E-state index contributed by atoms with van der Waals surface area (Å²) in [6, 6.07) is 17.4. The lowest BCUT2D eigenvalue weighted by Gasteiger charge is -2.10. The molecular formula is C20H17N5O. The van der Waals surface area contributed by atoms with E-state index in [1.54, 1.807) is 12.4 Å². The molecule has 0 fully saturated rings. The number of anilines is 2. The molecule has 6 nitrogen and oxygen atoms in total. The average molecular weight is 343 g/mol. The van der Waals surface area contributed by atoms with E-state index in [0.717, 1.165) is 33.4 Å². The van der Waals surface area contributed by atoms with E-state index in [2.05, 4.69) is 31.8 Å². The first-order chi connectivity index (χ1) is 12.8. The highest BCUT2D eigenvalue weighted by Gasteiger charge is 2.10. The van der Waals surface area contributed by atoms with Crippen molar-refractivity contribution in [3.8, 4) is 22.5 Å². The highest BCUT2D eigenvalue weighted by atomic mass is 16.5. The van der Waals surface area contributed by atoms with Gasteiger partial charge in [-0.2, -0.15) is 0 Å². The fourth-order valence-corrected chi connectivity index (χ4v) is 2.86. The Bertz CT molecular complexity index is 1050. The summed E-state index contributed by atoms with van der Waals surface area (Å²) < 4.78 is 0. The van der Waals surface area contributed by atoms with Gasteiger partial charge in [0, 0.05) is 30.4 Å². The molecule has 0 saturated carbocycles. The molecule has 4 rings (SSSR count). The molecule has 4 aromatic rings. The van der Waals surface area contributed by atoms with Gasteiger partial charge in [-0.25, -0.2) is 9.97 Å². The predicted octanol–water partition coefficient (Wildman–Crippen LogP) is 4.20. The number of rotatable bonds is 4. The molecule has 6 heteroatoms. The van der Waals surface area contributed by atoms with Crippen LogP contribution in [0.15, 0.2) is 67.0 Å². The number of pyridine rings is 1. The summed E-state index contributed by atoms with van der Waals surface area (Å²) in [6.07, 6.45) is 3.49. The van der Waals surface area contributed by atoms with Crippen LogP contribution in [0.1, 0.15) is 0 Å². The highest BCUT2D eigenvalue weighted by molar-refractivity contribution is 5.93. The summed E-state index contributed by atoms with van der Waals surface area (Å²) >= 11 is 0. The van der Waals surface area contributed by atoms with Gasteiger partial charge in [-0.05, 0) is 47.5 Å². The van der Waals surface area contributed by atoms with Crippen LogP contribution >= 0.6 is 0 Å². The van der Waals surface area contributed by atoms with Crippen molar-refractivity contribution in [3.63, 3.8) is 0 Å². The second kappa shape index (κ2) is 6.78. The maximum absolute atomic E-state index is 8.95. The summed E-state index contributed by atoms with van der Waals surface area (Å²) in [5.74, 6) is 1.41. The van der Waals surface area contributed by atoms with Crippen molar-refractivity contribution in [3.05, 3.63) is 67.0 Å². The minimum atomic E-state index is 0.640. The number of aromatic nitrogens is 3. The Morgan fingerprint density at radius 1 is 0.885 bits per heavy atom. The van der Waals surface area contributed by atoms with Crippen LogP contribution in [0.25, 0.3) is 33.4 Å². The maximum atomic E-state index is 8.95. The summed E-state index contributed by atoms with van der Waals surface area (Å²) in [5, 5.41) is 13.1. The van der Waals surface area contributed by atoms with Crippen molar-refractivity contribution in [2.24, 2.45) is 0 Å². The third-order valence-corrected chi connectivity index (χ3v) is 4.20. The van der Waals surface area contributed by atoms with Crippen molar-refractivity contribution < 1.29 is 5.21 Å². The Kier molecular flexibility index (Phi) is 4.17. The summed E-state index contributed by atoms with van der Waals surface area (Å²) in [4.78, 5) is 13.5. The van der Waals surface area contributed by atoms with E-state index >= 15 is 0 Å². The van der Waals surface area contributed by atoms with Crippen LogP contribution in [0, 0.1) is 0 Å². The second-order valence-electron chi connectivity index (χ2n) is 5.81. The van der Waals surface area contributed by atoms with Gasteiger partial charge < -0.3 is 5.32 Å². The number of hydrogen-bond acceptors (Lipinski definition) is 6. The molecule has 0 atom stereocenters. The van der Waals surface area contributed by atoms with Crippen molar-refractivity contribution in [2.75, 3.05) is 17.8 Å². The van der Waals surface area contributed by atoms with Gasteiger partial charge in [0.05, 0.1) is 11.2 Å². The van der Waals surface area contributed by atoms with Crippen LogP contribution in [-0.2, 0) is 0 Å². The standard InChI is InChI=1S/C20H17N5O/c1-21-20-17-11-14(13-4-7-16(25-26)8-5-13)6-9-18(17)23-19(24-20)15-3-2-10-22-12-15/h2-12,25-26H,1H3,(H,21,23,24). The third-order valence-electron chi connectivity index (χ3n) is 4.20. The fraction of sp³-hybridized carbons (Fsp3) is 0.0500.